The van der Waals surface area contributed by atoms with Crippen LogP contribution in [0.15, 0.2) is 24.3 Å². The number of carboxylic acid groups (broad SMARTS) is 1. The van der Waals surface area contributed by atoms with Crippen molar-refractivity contribution in [2.75, 3.05) is 18.4 Å². The average Bonchev–Trinajstić information content (AvgIpc) is 2.82. The van der Waals surface area contributed by atoms with Crippen LogP contribution in [0.4, 0.5) is 5.69 Å². The largest absolute Gasteiger partial charge is 0.480 e. The molecule has 1 aliphatic rings. The number of carboxylic acids is 1. The van der Waals surface area contributed by atoms with Gasteiger partial charge in [0.1, 0.15) is 5.54 Å². The van der Waals surface area contributed by atoms with E-state index in [1.54, 1.807) is 4.90 Å². The first-order valence-corrected chi connectivity index (χ1v) is 7.33. The van der Waals surface area contributed by atoms with E-state index in [0.29, 0.717) is 19.4 Å². The number of benzene rings is 1. The van der Waals surface area contributed by atoms with Gasteiger partial charge in [0.25, 0.3) is 0 Å². The van der Waals surface area contributed by atoms with E-state index in [-0.39, 0.29) is 12.5 Å². The standard InChI is InChI=1S/C16H22N2O3/c1-3-16(15(20)21)8-5-9-18(16)11-14(19)17-13-7-4-6-12(2)10-13/h4,6-7,10H,3,5,8-9,11H2,1-2H3,(H,17,19)(H,20,21). The van der Waals surface area contributed by atoms with Gasteiger partial charge in [-0.1, -0.05) is 19.1 Å². The third-order valence-electron chi connectivity index (χ3n) is 4.24. The Kier molecular flexibility index (Phi) is 4.63. The number of nitrogens with one attached hydrogen (secondary N) is 1. The maximum atomic E-state index is 12.2. The van der Waals surface area contributed by atoms with Gasteiger partial charge in [-0.2, -0.15) is 0 Å². The monoisotopic (exact) mass is 290 g/mol. The summed E-state index contributed by atoms with van der Waals surface area (Å²) in [5, 5.41) is 12.3. The Labute approximate surface area is 125 Å². The van der Waals surface area contributed by atoms with Crippen LogP contribution < -0.4 is 5.32 Å². The summed E-state index contributed by atoms with van der Waals surface area (Å²) in [6, 6.07) is 7.57. The zero-order chi connectivity index (χ0) is 15.5. The van der Waals surface area contributed by atoms with Crippen molar-refractivity contribution in [3.8, 4) is 0 Å². The molecule has 2 rings (SSSR count). The zero-order valence-electron chi connectivity index (χ0n) is 12.6. The molecular formula is C16H22N2O3. The molecule has 0 aliphatic carbocycles. The Morgan fingerprint density at radius 2 is 2.19 bits per heavy atom. The van der Waals surface area contributed by atoms with Crippen molar-refractivity contribution in [1.29, 1.82) is 0 Å². The summed E-state index contributed by atoms with van der Waals surface area (Å²) in [4.78, 5) is 25.5. The van der Waals surface area contributed by atoms with Crippen molar-refractivity contribution >= 4 is 17.6 Å². The quantitative estimate of drug-likeness (QED) is 0.872. The van der Waals surface area contributed by atoms with Gasteiger partial charge in [-0.25, -0.2) is 0 Å². The molecule has 1 fully saturated rings. The normalized spacial score (nSPS) is 22.2. The Hall–Kier alpha value is -1.88. The number of likely N-dealkylation sites (tertiary alicyclic amines) is 1. The van der Waals surface area contributed by atoms with Gasteiger partial charge in [0, 0.05) is 5.69 Å². The van der Waals surface area contributed by atoms with E-state index in [1.807, 2.05) is 38.1 Å². The predicted octanol–water partition coefficient (Wildman–Crippen LogP) is 2.26. The number of anilines is 1. The van der Waals surface area contributed by atoms with Gasteiger partial charge in [-0.05, 0) is 50.4 Å². The first-order valence-electron chi connectivity index (χ1n) is 7.33. The van der Waals surface area contributed by atoms with E-state index in [9.17, 15) is 14.7 Å². The van der Waals surface area contributed by atoms with Gasteiger partial charge in [0.05, 0.1) is 6.54 Å². The van der Waals surface area contributed by atoms with E-state index >= 15 is 0 Å². The highest BCUT2D eigenvalue weighted by Crippen LogP contribution is 2.32. The fraction of sp³-hybridized carbons (Fsp3) is 0.500. The maximum Gasteiger partial charge on any atom is 0.324 e. The lowest BCUT2D eigenvalue weighted by Gasteiger charge is -2.33. The number of hydrogen-bond donors (Lipinski definition) is 2. The molecule has 114 valence electrons. The number of nitrogens with zero attached hydrogens (tertiary/aromatic N) is 1. The van der Waals surface area contributed by atoms with Gasteiger partial charge < -0.3 is 10.4 Å². The molecule has 1 aromatic carbocycles. The van der Waals surface area contributed by atoms with Crippen LogP contribution in [0.2, 0.25) is 0 Å². The van der Waals surface area contributed by atoms with Crippen LogP contribution >= 0.6 is 0 Å². The number of carbonyl (C=O) groups excluding carboxylic acids is 1. The van der Waals surface area contributed by atoms with Gasteiger partial charge in [0.15, 0.2) is 0 Å². The van der Waals surface area contributed by atoms with E-state index in [2.05, 4.69) is 5.32 Å². The lowest BCUT2D eigenvalue weighted by atomic mass is 9.93. The van der Waals surface area contributed by atoms with E-state index < -0.39 is 11.5 Å². The van der Waals surface area contributed by atoms with E-state index in [1.165, 1.54) is 0 Å². The summed E-state index contributed by atoms with van der Waals surface area (Å²) in [7, 11) is 0. The molecule has 1 aliphatic heterocycles. The molecule has 1 amide bonds. The third kappa shape index (κ3) is 3.24. The molecule has 2 N–H and O–H groups in total. The van der Waals surface area contributed by atoms with Crippen LogP contribution in [-0.2, 0) is 9.59 Å². The SMILES string of the molecule is CCC1(C(=O)O)CCCN1CC(=O)Nc1cccc(C)c1. The number of hydrogen-bond acceptors (Lipinski definition) is 3. The molecule has 0 aromatic heterocycles. The first kappa shape index (κ1) is 15.5. The Morgan fingerprint density at radius 1 is 1.43 bits per heavy atom. The minimum absolute atomic E-state index is 0.119. The molecule has 1 unspecified atom stereocenters. The van der Waals surface area contributed by atoms with Crippen LogP contribution in [0.3, 0.4) is 0 Å². The van der Waals surface area contributed by atoms with Crippen LogP contribution in [0.5, 0.6) is 0 Å². The summed E-state index contributed by atoms with van der Waals surface area (Å²) < 4.78 is 0. The molecule has 5 heteroatoms. The summed E-state index contributed by atoms with van der Waals surface area (Å²) in [5.74, 6) is -0.993. The van der Waals surface area contributed by atoms with Crippen LogP contribution in [0.25, 0.3) is 0 Å². The third-order valence-corrected chi connectivity index (χ3v) is 4.24. The summed E-state index contributed by atoms with van der Waals surface area (Å²) in [6.07, 6.45) is 1.94. The molecule has 1 aromatic rings. The van der Waals surface area contributed by atoms with Crippen LogP contribution in [0.1, 0.15) is 31.7 Å². The molecule has 5 nitrogen and oxygen atoms in total. The predicted molar refractivity (Wildman–Crippen MR) is 81.3 cm³/mol. The van der Waals surface area contributed by atoms with Crippen molar-refractivity contribution in [3.63, 3.8) is 0 Å². The van der Waals surface area contributed by atoms with Gasteiger partial charge in [0.2, 0.25) is 5.91 Å². The number of aryl methyl sites for hydroxylation is 1. The number of aliphatic carboxylic acids is 1. The maximum absolute atomic E-state index is 12.2. The van der Waals surface area contributed by atoms with Gasteiger partial charge in [-0.15, -0.1) is 0 Å². The fourth-order valence-corrected chi connectivity index (χ4v) is 3.06. The number of rotatable bonds is 5. The summed E-state index contributed by atoms with van der Waals surface area (Å²) in [6.45, 7) is 4.60. The molecule has 1 atom stereocenters. The van der Waals surface area contributed by atoms with Crippen molar-refractivity contribution < 1.29 is 14.7 Å². The lowest BCUT2D eigenvalue weighted by Crippen LogP contribution is -2.52. The van der Waals surface area contributed by atoms with Crippen molar-refractivity contribution in [3.05, 3.63) is 29.8 Å². The minimum Gasteiger partial charge on any atom is -0.480 e. The van der Waals surface area contributed by atoms with Crippen molar-refractivity contribution in [1.82, 2.24) is 4.90 Å². The smallest absolute Gasteiger partial charge is 0.324 e. The average molecular weight is 290 g/mol. The first-order chi connectivity index (χ1) is 9.98. The molecule has 0 radical (unpaired) electrons. The molecule has 0 saturated carbocycles. The van der Waals surface area contributed by atoms with Crippen LogP contribution in [0, 0.1) is 6.92 Å². The highest BCUT2D eigenvalue weighted by Gasteiger charge is 2.46. The highest BCUT2D eigenvalue weighted by atomic mass is 16.4. The van der Waals surface area contributed by atoms with E-state index in [0.717, 1.165) is 17.7 Å². The van der Waals surface area contributed by atoms with E-state index in [4.69, 9.17) is 0 Å². The molecule has 1 saturated heterocycles. The van der Waals surface area contributed by atoms with Gasteiger partial charge >= 0.3 is 5.97 Å². The molecule has 1 heterocycles. The minimum atomic E-state index is -0.885. The zero-order valence-corrected chi connectivity index (χ0v) is 12.6. The topological polar surface area (TPSA) is 69.6 Å². The second-order valence-electron chi connectivity index (χ2n) is 5.63. The van der Waals surface area contributed by atoms with Gasteiger partial charge in [-0.3, -0.25) is 14.5 Å². The Bertz CT molecular complexity index is 544. The Balaban J connectivity index is 2.03. The summed E-state index contributed by atoms with van der Waals surface area (Å²) >= 11 is 0. The number of amides is 1. The van der Waals surface area contributed by atoms with Crippen molar-refractivity contribution in [2.45, 2.75) is 38.6 Å². The molecule has 0 bridgehead atoms. The molecule has 0 spiro atoms. The summed E-state index contributed by atoms with van der Waals surface area (Å²) in [5.41, 5.74) is 0.934. The van der Waals surface area contributed by atoms with Crippen LogP contribution in [-0.4, -0.2) is 40.5 Å². The lowest BCUT2D eigenvalue weighted by molar-refractivity contribution is -0.150. The molecule has 21 heavy (non-hydrogen) atoms. The fourth-order valence-electron chi connectivity index (χ4n) is 3.06. The highest BCUT2D eigenvalue weighted by molar-refractivity contribution is 5.93. The van der Waals surface area contributed by atoms with Crippen molar-refractivity contribution in [2.24, 2.45) is 0 Å². The second kappa shape index (κ2) is 6.26. The molecular weight excluding hydrogens is 268 g/mol. The number of carbonyl (C=O) groups is 2. The second-order valence-corrected chi connectivity index (χ2v) is 5.63. The Morgan fingerprint density at radius 3 is 2.81 bits per heavy atom.